The number of hydrogen-bond donors (Lipinski definition) is 1. The molecule has 0 unspecified atom stereocenters. The Balaban J connectivity index is 2.40. The van der Waals surface area contributed by atoms with E-state index in [4.69, 9.17) is 0 Å². The molecule has 23 heavy (non-hydrogen) atoms. The quantitative estimate of drug-likeness (QED) is 0.801. The molecule has 0 spiro atoms. The van der Waals surface area contributed by atoms with Crippen LogP contribution in [0.15, 0.2) is 23.1 Å². The topological polar surface area (TPSA) is 80.3 Å². The summed E-state index contributed by atoms with van der Waals surface area (Å²) in [5.41, 5.74) is 0.221. The van der Waals surface area contributed by atoms with Gasteiger partial charge in [0.05, 0.1) is 21.7 Å². The zero-order valence-corrected chi connectivity index (χ0v) is 15.0. The largest absolute Gasteiger partial charge is 0.309 e. The Morgan fingerprint density at radius 2 is 2.00 bits per heavy atom. The third-order valence-electron chi connectivity index (χ3n) is 4.27. The van der Waals surface area contributed by atoms with Gasteiger partial charge in [0.15, 0.2) is 19.7 Å². The maximum absolute atomic E-state index is 13.4. The van der Waals surface area contributed by atoms with E-state index in [0.29, 0.717) is 0 Å². The summed E-state index contributed by atoms with van der Waals surface area (Å²) in [4.78, 5) is -0.0329. The van der Waals surface area contributed by atoms with E-state index in [9.17, 15) is 21.2 Å². The van der Waals surface area contributed by atoms with E-state index in [1.54, 1.807) is 0 Å². The zero-order valence-electron chi connectivity index (χ0n) is 13.4. The van der Waals surface area contributed by atoms with Gasteiger partial charge in [0, 0.05) is 12.1 Å². The molecule has 0 radical (unpaired) electrons. The first-order chi connectivity index (χ1) is 10.6. The lowest BCUT2D eigenvalue weighted by Gasteiger charge is -2.23. The van der Waals surface area contributed by atoms with Gasteiger partial charge in [-0.15, -0.1) is 0 Å². The molecule has 0 aliphatic carbocycles. The van der Waals surface area contributed by atoms with Crippen molar-refractivity contribution in [1.29, 1.82) is 0 Å². The molecule has 1 aliphatic rings. The van der Waals surface area contributed by atoms with E-state index >= 15 is 0 Å². The van der Waals surface area contributed by atoms with Crippen molar-refractivity contribution in [2.45, 2.75) is 49.4 Å². The maximum Gasteiger partial charge on any atom is 0.183 e. The van der Waals surface area contributed by atoms with Gasteiger partial charge in [0.25, 0.3) is 0 Å². The summed E-state index contributed by atoms with van der Waals surface area (Å²) in [6.45, 7) is 5.30. The van der Waals surface area contributed by atoms with Crippen molar-refractivity contribution in [2.75, 3.05) is 11.5 Å². The van der Waals surface area contributed by atoms with Crippen molar-refractivity contribution in [3.8, 4) is 0 Å². The highest BCUT2D eigenvalue weighted by Crippen LogP contribution is 2.27. The summed E-state index contributed by atoms with van der Waals surface area (Å²) >= 11 is 0. The molecule has 5 nitrogen and oxygen atoms in total. The van der Waals surface area contributed by atoms with Gasteiger partial charge < -0.3 is 5.32 Å². The van der Waals surface area contributed by atoms with Crippen molar-refractivity contribution in [3.63, 3.8) is 0 Å². The molecule has 1 aromatic rings. The lowest BCUT2D eigenvalue weighted by atomic mass is 10.2. The fourth-order valence-electron chi connectivity index (χ4n) is 2.73. The minimum atomic E-state index is -3.86. The van der Waals surface area contributed by atoms with E-state index in [2.05, 4.69) is 5.32 Å². The fraction of sp³-hybridized carbons (Fsp3) is 0.600. The Bertz CT molecular complexity index is 790. The highest BCUT2D eigenvalue weighted by Gasteiger charge is 2.46. The molecule has 8 heteroatoms. The van der Waals surface area contributed by atoms with Gasteiger partial charge in [0.2, 0.25) is 0 Å². The van der Waals surface area contributed by atoms with Crippen LogP contribution in [0.1, 0.15) is 25.8 Å². The van der Waals surface area contributed by atoms with Gasteiger partial charge in [-0.25, -0.2) is 21.2 Å². The number of aryl methyl sites for hydroxylation is 1. The third kappa shape index (κ3) is 3.92. The van der Waals surface area contributed by atoms with Gasteiger partial charge in [0.1, 0.15) is 5.82 Å². The van der Waals surface area contributed by atoms with Crippen molar-refractivity contribution in [2.24, 2.45) is 0 Å². The van der Waals surface area contributed by atoms with Gasteiger partial charge in [-0.3, -0.25) is 0 Å². The van der Waals surface area contributed by atoms with Crippen molar-refractivity contribution in [1.82, 2.24) is 5.32 Å². The predicted octanol–water partition coefficient (Wildman–Crippen LogP) is 1.46. The average Bonchev–Trinajstić information content (AvgIpc) is 2.77. The first-order valence-electron chi connectivity index (χ1n) is 7.53. The molecule has 1 aromatic carbocycles. The monoisotopic (exact) mass is 363 g/mol. The van der Waals surface area contributed by atoms with Gasteiger partial charge in [-0.2, -0.15) is 0 Å². The van der Waals surface area contributed by atoms with Crippen LogP contribution in [0.25, 0.3) is 0 Å². The number of halogens is 1. The molecule has 0 amide bonds. The third-order valence-corrected chi connectivity index (χ3v) is 8.42. The Morgan fingerprint density at radius 3 is 2.57 bits per heavy atom. The molecule has 0 saturated carbocycles. The Hall–Kier alpha value is -0.990. The highest BCUT2D eigenvalue weighted by molar-refractivity contribution is 7.96. The predicted molar refractivity (Wildman–Crippen MR) is 87.4 cm³/mol. The number of rotatable bonds is 5. The van der Waals surface area contributed by atoms with Crippen molar-refractivity contribution < 1.29 is 21.2 Å². The number of nitrogens with one attached hydrogen (secondary N) is 1. The summed E-state index contributed by atoms with van der Waals surface area (Å²) < 4.78 is 63.0. The fourth-order valence-corrected chi connectivity index (χ4v) is 7.49. The molecule has 1 heterocycles. The number of benzene rings is 1. The van der Waals surface area contributed by atoms with Gasteiger partial charge in [-0.1, -0.05) is 6.92 Å². The molecule has 1 N–H and O–H groups in total. The molecule has 2 rings (SSSR count). The van der Waals surface area contributed by atoms with E-state index in [1.807, 2.05) is 13.8 Å². The van der Waals surface area contributed by atoms with Crippen LogP contribution >= 0.6 is 0 Å². The molecule has 0 bridgehead atoms. The van der Waals surface area contributed by atoms with Gasteiger partial charge in [-0.05, 0) is 44.0 Å². The van der Waals surface area contributed by atoms with Crippen LogP contribution in [0.4, 0.5) is 4.39 Å². The summed E-state index contributed by atoms with van der Waals surface area (Å²) in [6.07, 6.45) is 0.763. The standard InChI is InChI=1S/C15H22FNO4S2/c1-4-11(3)17-14-8-22(18,19)9-15(14)23(20,21)12-5-6-13(16)10(2)7-12/h5-7,11,14-15,17H,4,8-9H2,1-3H3/t11-,14-,15-/m0/s1. The SMILES string of the molecule is CC[C@H](C)N[C@H]1CS(=O)(=O)C[C@@H]1S(=O)(=O)c1ccc(F)c(C)c1. The minimum Gasteiger partial charge on any atom is -0.309 e. The van der Waals surface area contributed by atoms with Crippen LogP contribution in [0.5, 0.6) is 0 Å². The summed E-state index contributed by atoms with van der Waals surface area (Å²) in [6, 6.07) is 2.92. The van der Waals surface area contributed by atoms with Gasteiger partial charge >= 0.3 is 0 Å². The molecule has 3 atom stereocenters. The van der Waals surface area contributed by atoms with Crippen LogP contribution in [0, 0.1) is 12.7 Å². The lowest BCUT2D eigenvalue weighted by Crippen LogP contribution is -2.46. The second-order valence-corrected chi connectivity index (χ2v) is 10.5. The van der Waals surface area contributed by atoms with Crippen LogP contribution in [-0.2, 0) is 19.7 Å². The van der Waals surface area contributed by atoms with E-state index in [-0.39, 0.29) is 22.3 Å². The Morgan fingerprint density at radius 1 is 1.35 bits per heavy atom. The number of hydrogen-bond acceptors (Lipinski definition) is 5. The van der Waals surface area contributed by atoms with Crippen LogP contribution in [-0.4, -0.2) is 45.7 Å². The second-order valence-electron chi connectivity index (χ2n) is 6.15. The first-order valence-corrected chi connectivity index (χ1v) is 10.9. The Labute approximate surface area is 137 Å². The summed E-state index contributed by atoms with van der Waals surface area (Å²) in [5.74, 6) is -1.08. The minimum absolute atomic E-state index is 0.0148. The average molecular weight is 363 g/mol. The molecule has 1 saturated heterocycles. The molecule has 0 aromatic heterocycles. The van der Waals surface area contributed by atoms with Crippen LogP contribution in [0.2, 0.25) is 0 Å². The first kappa shape index (κ1) is 18.4. The second kappa shape index (κ2) is 6.49. The molecule has 130 valence electrons. The lowest BCUT2D eigenvalue weighted by molar-refractivity contribution is 0.456. The molecular formula is C15H22FNO4S2. The van der Waals surface area contributed by atoms with Crippen LogP contribution in [0.3, 0.4) is 0 Å². The van der Waals surface area contributed by atoms with Crippen molar-refractivity contribution >= 4 is 19.7 Å². The normalized spacial score (nSPS) is 25.4. The highest BCUT2D eigenvalue weighted by atomic mass is 32.2. The van der Waals surface area contributed by atoms with Crippen LogP contribution < -0.4 is 5.32 Å². The smallest absolute Gasteiger partial charge is 0.183 e. The molecule has 1 fully saturated rings. The maximum atomic E-state index is 13.4. The molecule has 1 aliphatic heterocycles. The number of sulfone groups is 2. The summed E-state index contributed by atoms with van der Waals surface area (Å²) in [7, 11) is -7.28. The van der Waals surface area contributed by atoms with Crippen molar-refractivity contribution in [3.05, 3.63) is 29.6 Å². The Kier molecular flexibility index (Phi) is 5.18. The van der Waals surface area contributed by atoms with E-state index in [0.717, 1.165) is 12.5 Å². The van der Waals surface area contributed by atoms with E-state index < -0.39 is 42.5 Å². The molecular weight excluding hydrogens is 341 g/mol. The summed E-state index contributed by atoms with van der Waals surface area (Å²) in [5, 5.41) is 2.05. The van der Waals surface area contributed by atoms with E-state index in [1.165, 1.54) is 19.1 Å². The zero-order chi connectivity index (χ0) is 17.4.